The first-order chi connectivity index (χ1) is 8.50. The summed E-state index contributed by atoms with van der Waals surface area (Å²) in [6.07, 6.45) is 0.420. The van der Waals surface area contributed by atoms with Crippen molar-refractivity contribution in [1.29, 1.82) is 0 Å². The van der Waals surface area contributed by atoms with Gasteiger partial charge < -0.3 is 5.32 Å². The number of carbonyl (C=O) groups is 1. The van der Waals surface area contributed by atoms with Crippen LogP contribution in [0.1, 0.15) is 18.9 Å². The maximum atomic E-state index is 10.7. The first-order valence-corrected chi connectivity index (χ1v) is 5.55. The summed E-state index contributed by atoms with van der Waals surface area (Å²) in [5.41, 5.74) is 0.196. The van der Waals surface area contributed by atoms with Crippen LogP contribution in [0.15, 0.2) is 18.2 Å². The molecule has 1 aromatic rings. The fourth-order valence-electron chi connectivity index (χ4n) is 1.23. The number of amides is 1. The van der Waals surface area contributed by atoms with Crippen molar-refractivity contribution in [2.45, 2.75) is 13.3 Å². The van der Waals surface area contributed by atoms with E-state index in [2.05, 4.69) is 17.2 Å². The molecule has 0 aliphatic heterocycles. The summed E-state index contributed by atoms with van der Waals surface area (Å²) in [6, 6.07) is 4.22. The lowest BCUT2D eigenvalue weighted by atomic mass is 10.2. The second kappa shape index (κ2) is 6.62. The molecule has 0 fully saturated rings. The summed E-state index contributed by atoms with van der Waals surface area (Å²) in [7, 11) is 0. The molecular formula is C12H11ClN2O3. The molecule has 6 heteroatoms. The molecule has 0 unspecified atom stereocenters. The van der Waals surface area contributed by atoms with Gasteiger partial charge in [0.2, 0.25) is 5.91 Å². The van der Waals surface area contributed by atoms with Crippen LogP contribution in [0.25, 0.3) is 0 Å². The third-order valence-electron chi connectivity index (χ3n) is 2.00. The molecule has 5 nitrogen and oxygen atoms in total. The van der Waals surface area contributed by atoms with Crippen molar-refractivity contribution in [2.75, 3.05) is 6.54 Å². The van der Waals surface area contributed by atoms with Crippen molar-refractivity contribution < 1.29 is 9.72 Å². The largest absolute Gasteiger partial charge is 0.355 e. The van der Waals surface area contributed by atoms with Gasteiger partial charge in [-0.1, -0.05) is 23.4 Å². The minimum Gasteiger partial charge on any atom is -0.355 e. The number of nitrogens with zero attached hydrogens (tertiary/aromatic N) is 1. The van der Waals surface area contributed by atoms with E-state index in [1.807, 2.05) is 0 Å². The predicted molar refractivity (Wildman–Crippen MR) is 68.3 cm³/mol. The zero-order valence-electron chi connectivity index (χ0n) is 9.70. The van der Waals surface area contributed by atoms with E-state index in [4.69, 9.17) is 11.6 Å². The molecule has 0 atom stereocenters. The van der Waals surface area contributed by atoms with Gasteiger partial charge in [0.15, 0.2) is 0 Å². The molecule has 0 saturated heterocycles. The molecule has 1 aromatic carbocycles. The molecule has 0 aliphatic rings. The van der Waals surface area contributed by atoms with Gasteiger partial charge in [0.25, 0.3) is 5.69 Å². The number of rotatable bonds is 3. The van der Waals surface area contributed by atoms with Crippen molar-refractivity contribution in [1.82, 2.24) is 5.32 Å². The number of nitrogens with one attached hydrogen (secondary N) is 1. The van der Waals surface area contributed by atoms with Gasteiger partial charge in [0, 0.05) is 31.0 Å². The Morgan fingerprint density at radius 3 is 2.89 bits per heavy atom. The Kier molecular flexibility index (Phi) is 5.15. The number of benzene rings is 1. The normalized spacial score (nSPS) is 9.22. The smallest absolute Gasteiger partial charge is 0.285 e. The standard InChI is InChI=1S/C12H11ClN2O3/c1-9(16)14-7-3-2-4-10-8-11(13)5-6-12(10)15(17)18/h5-6,8H,3,7H2,1H3,(H,14,16). The van der Waals surface area contributed by atoms with Crippen molar-refractivity contribution in [3.05, 3.63) is 38.9 Å². The Morgan fingerprint density at radius 2 is 2.28 bits per heavy atom. The highest BCUT2D eigenvalue weighted by atomic mass is 35.5. The van der Waals surface area contributed by atoms with Gasteiger partial charge in [-0.2, -0.15) is 0 Å². The van der Waals surface area contributed by atoms with Gasteiger partial charge in [-0.25, -0.2) is 0 Å². The first kappa shape index (κ1) is 14.0. The van der Waals surface area contributed by atoms with Gasteiger partial charge in [-0.05, 0) is 12.1 Å². The van der Waals surface area contributed by atoms with E-state index in [9.17, 15) is 14.9 Å². The molecule has 0 spiro atoms. The third-order valence-corrected chi connectivity index (χ3v) is 2.24. The average molecular weight is 267 g/mol. The highest BCUT2D eigenvalue weighted by Crippen LogP contribution is 2.21. The Balaban J connectivity index is 2.77. The van der Waals surface area contributed by atoms with Crippen LogP contribution in [0.2, 0.25) is 5.02 Å². The molecule has 0 bridgehead atoms. The van der Waals surface area contributed by atoms with Gasteiger partial charge in [-0.3, -0.25) is 14.9 Å². The van der Waals surface area contributed by atoms with E-state index in [1.54, 1.807) is 0 Å². The number of carbonyl (C=O) groups excluding carboxylic acids is 1. The van der Waals surface area contributed by atoms with Crippen LogP contribution < -0.4 is 5.32 Å². The SMILES string of the molecule is CC(=O)NCCC#Cc1cc(Cl)ccc1[N+](=O)[O-]. The maximum absolute atomic E-state index is 10.7. The van der Waals surface area contributed by atoms with E-state index in [1.165, 1.54) is 25.1 Å². The zero-order valence-corrected chi connectivity index (χ0v) is 10.5. The van der Waals surface area contributed by atoms with Crippen LogP contribution in [0.3, 0.4) is 0 Å². The Labute approximate surface area is 109 Å². The molecule has 1 amide bonds. The Bertz CT molecular complexity index is 532. The zero-order chi connectivity index (χ0) is 13.5. The van der Waals surface area contributed by atoms with Crippen LogP contribution in [-0.4, -0.2) is 17.4 Å². The Morgan fingerprint density at radius 1 is 1.56 bits per heavy atom. The minimum absolute atomic E-state index is 0.0774. The monoisotopic (exact) mass is 266 g/mol. The second-order valence-corrected chi connectivity index (χ2v) is 3.89. The summed E-state index contributed by atoms with van der Waals surface area (Å²) in [6.45, 7) is 1.83. The molecular weight excluding hydrogens is 256 g/mol. The fourth-order valence-corrected chi connectivity index (χ4v) is 1.40. The summed E-state index contributed by atoms with van der Waals surface area (Å²) >= 11 is 5.76. The van der Waals surface area contributed by atoms with Crippen LogP contribution in [-0.2, 0) is 4.79 Å². The van der Waals surface area contributed by atoms with E-state index < -0.39 is 4.92 Å². The van der Waals surface area contributed by atoms with Gasteiger partial charge in [0.1, 0.15) is 5.56 Å². The quantitative estimate of drug-likeness (QED) is 0.394. The van der Waals surface area contributed by atoms with Crippen LogP contribution >= 0.6 is 11.6 Å². The summed E-state index contributed by atoms with van der Waals surface area (Å²) < 4.78 is 0. The summed E-state index contributed by atoms with van der Waals surface area (Å²) in [5.74, 6) is 5.30. The summed E-state index contributed by atoms with van der Waals surface area (Å²) in [5, 5.41) is 13.7. The van der Waals surface area contributed by atoms with Gasteiger partial charge >= 0.3 is 0 Å². The summed E-state index contributed by atoms with van der Waals surface area (Å²) in [4.78, 5) is 20.8. The number of nitro benzene ring substituents is 1. The highest BCUT2D eigenvalue weighted by Gasteiger charge is 2.11. The molecule has 1 rings (SSSR count). The van der Waals surface area contributed by atoms with Crippen LogP contribution in [0.5, 0.6) is 0 Å². The lowest BCUT2D eigenvalue weighted by Crippen LogP contribution is -2.20. The molecule has 0 heterocycles. The van der Waals surface area contributed by atoms with Crippen molar-refractivity contribution in [3.8, 4) is 11.8 Å². The third kappa shape index (κ3) is 4.44. The number of hydrogen-bond acceptors (Lipinski definition) is 3. The molecule has 0 aliphatic carbocycles. The van der Waals surface area contributed by atoms with Crippen LogP contribution in [0, 0.1) is 22.0 Å². The van der Waals surface area contributed by atoms with E-state index in [0.717, 1.165) is 0 Å². The highest BCUT2D eigenvalue weighted by molar-refractivity contribution is 6.30. The minimum atomic E-state index is -0.506. The Hall–Kier alpha value is -2.06. The molecule has 18 heavy (non-hydrogen) atoms. The van der Waals surface area contributed by atoms with E-state index >= 15 is 0 Å². The van der Waals surface area contributed by atoms with Crippen LogP contribution in [0.4, 0.5) is 5.69 Å². The van der Waals surface area contributed by atoms with E-state index in [0.29, 0.717) is 18.0 Å². The average Bonchev–Trinajstić information content (AvgIpc) is 2.27. The molecule has 1 N–H and O–H groups in total. The lowest BCUT2D eigenvalue weighted by molar-refractivity contribution is -0.385. The topological polar surface area (TPSA) is 72.2 Å². The number of halogens is 1. The molecule has 0 radical (unpaired) electrons. The van der Waals surface area contributed by atoms with Crippen molar-refractivity contribution in [2.24, 2.45) is 0 Å². The lowest BCUT2D eigenvalue weighted by Gasteiger charge is -1.97. The molecule has 94 valence electrons. The number of hydrogen-bond donors (Lipinski definition) is 1. The molecule has 0 aromatic heterocycles. The van der Waals surface area contributed by atoms with Gasteiger partial charge in [-0.15, -0.1) is 0 Å². The van der Waals surface area contributed by atoms with Crippen molar-refractivity contribution >= 4 is 23.2 Å². The van der Waals surface area contributed by atoms with Gasteiger partial charge in [0.05, 0.1) is 4.92 Å². The fraction of sp³-hybridized carbons (Fsp3) is 0.250. The number of nitro groups is 1. The van der Waals surface area contributed by atoms with E-state index in [-0.39, 0.29) is 17.2 Å². The van der Waals surface area contributed by atoms with Crippen molar-refractivity contribution in [3.63, 3.8) is 0 Å². The maximum Gasteiger partial charge on any atom is 0.285 e. The first-order valence-electron chi connectivity index (χ1n) is 5.18. The predicted octanol–water partition coefficient (Wildman–Crippen LogP) is 2.13. The second-order valence-electron chi connectivity index (χ2n) is 3.45. The molecule has 0 saturated carbocycles.